The van der Waals surface area contributed by atoms with Crippen LogP contribution in [0.2, 0.25) is 0 Å². The zero-order chi connectivity index (χ0) is 20.2. The first kappa shape index (κ1) is 22.1. The molecule has 0 saturated carbocycles. The lowest BCUT2D eigenvalue weighted by atomic mass is 9.63. The summed E-state index contributed by atoms with van der Waals surface area (Å²) >= 11 is 0. The van der Waals surface area contributed by atoms with Crippen molar-refractivity contribution in [3.8, 4) is 0 Å². The molecule has 1 aliphatic carbocycles. The number of fused-ring (bicyclic) bond motifs is 3. The van der Waals surface area contributed by atoms with Crippen molar-refractivity contribution >= 4 is 12.4 Å². The number of hydrogen-bond acceptors (Lipinski definition) is 2. The summed E-state index contributed by atoms with van der Waals surface area (Å²) < 4.78 is 53.1. The van der Waals surface area contributed by atoms with Gasteiger partial charge in [-0.2, -0.15) is 13.2 Å². The Morgan fingerprint density at radius 1 is 1.14 bits per heavy atom. The average molecular weight is 430 g/mol. The lowest BCUT2D eigenvalue weighted by Crippen LogP contribution is -2.46. The van der Waals surface area contributed by atoms with E-state index in [0.29, 0.717) is 12.8 Å². The molecule has 0 amide bonds. The third-order valence-electron chi connectivity index (χ3n) is 6.52. The van der Waals surface area contributed by atoms with E-state index in [1.807, 2.05) is 0 Å². The monoisotopic (exact) mass is 429 g/mol. The molecule has 3 atom stereocenters. The highest BCUT2D eigenvalue weighted by molar-refractivity contribution is 5.85. The summed E-state index contributed by atoms with van der Waals surface area (Å²) in [5, 5.41) is 13.6. The maximum Gasteiger partial charge on any atom is 0.421 e. The van der Waals surface area contributed by atoms with E-state index in [0.717, 1.165) is 43.0 Å². The van der Waals surface area contributed by atoms with Crippen molar-refractivity contribution in [2.45, 2.75) is 55.8 Å². The summed E-state index contributed by atoms with van der Waals surface area (Å²) in [5.41, 5.74) is -0.316. The van der Waals surface area contributed by atoms with Crippen molar-refractivity contribution in [2.24, 2.45) is 0 Å². The number of halogens is 5. The highest BCUT2D eigenvalue weighted by atomic mass is 35.5. The molecule has 0 spiro atoms. The van der Waals surface area contributed by atoms with Crippen LogP contribution in [0.1, 0.15) is 42.0 Å². The predicted octanol–water partition coefficient (Wildman–Crippen LogP) is 4.81. The third kappa shape index (κ3) is 3.66. The fourth-order valence-corrected chi connectivity index (χ4v) is 4.87. The molecule has 1 unspecified atom stereocenters. The number of nitrogens with one attached hydrogen (secondary N) is 1. The van der Waals surface area contributed by atoms with Gasteiger partial charge < -0.3 is 10.4 Å². The molecule has 0 radical (unpaired) electrons. The molecule has 1 aliphatic heterocycles. The molecule has 2 aromatic rings. The maximum atomic E-state index is 13.3. The molecule has 0 bridgehead atoms. The van der Waals surface area contributed by atoms with Crippen LogP contribution in [0.15, 0.2) is 42.5 Å². The number of aliphatic hydroxyl groups is 1. The van der Waals surface area contributed by atoms with Crippen molar-refractivity contribution in [1.29, 1.82) is 0 Å². The minimum atomic E-state index is -4.74. The number of aryl methyl sites for hydroxylation is 1. The van der Waals surface area contributed by atoms with E-state index in [2.05, 4.69) is 5.32 Å². The molecule has 0 aromatic heterocycles. The van der Waals surface area contributed by atoms with E-state index in [-0.39, 0.29) is 35.2 Å². The molecular weight excluding hydrogens is 406 g/mol. The minimum Gasteiger partial charge on any atom is -0.376 e. The summed E-state index contributed by atoms with van der Waals surface area (Å²) in [6.07, 6.45) is -1.67. The molecule has 2 nitrogen and oxygen atoms in total. The van der Waals surface area contributed by atoms with Gasteiger partial charge in [0.2, 0.25) is 0 Å². The topological polar surface area (TPSA) is 32.3 Å². The average Bonchev–Trinajstić information content (AvgIpc) is 3.06. The van der Waals surface area contributed by atoms with Gasteiger partial charge in [0, 0.05) is 11.5 Å². The van der Waals surface area contributed by atoms with Gasteiger partial charge >= 0.3 is 6.18 Å². The van der Waals surface area contributed by atoms with E-state index in [1.165, 1.54) is 24.3 Å². The molecule has 4 rings (SSSR count). The first-order valence-electron chi connectivity index (χ1n) is 9.54. The fraction of sp³-hybridized carbons (Fsp3) is 0.455. The number of benzene rings is 2. The standard InChI is InChI=1S/C22H23F4NO.ClH/c1-20(28,22(24,25)26)16-5-8-18-15(12-16)4-9-19-21(18,10-11-27-19)13-14-2-6-17(23)7-3-14;/h2-3,5-8,12,19,27-28H,4,9-11,13H2,1H3;1H/t19-,20?,21-;/m1./s1. The molecule has 158 valence electrons. The SMILES string of the molecule is CC(O)(c1ccc2c(c1)CC[C@H]1NCC[C@@]21Cc1ccc(F)cc1)C(F)(F)F.Cl. The fourth-order valence-electron chi connectivity index (χ4n) is 4.87. The molecule has 2 aliphatic rings. The molecular formula is C22H24ClF4NO. The molecule has 29 heavy (non-hydrogen) atoms. The summed E-state index contributed by atoms with van der Waals surface area (Å²) in [4.78, 5) is 0. The Labute approximate surface area is 173 Å². The zero-order valence-electron chi connectivity index (χ0n) is 16.0. The first-order chi connectivity index (χ1) is 13.1. The van der Waals surface area contributed by atoms with Gasteiger partial charge in [0.1, 0.15) is 5.82 Å². The molecule has 7 heteroatoms. The summed E-state index contributed by atoms with van der Waals surface area (Å²) in [6, 6.07) is 11.3. The Kier molecular flexibility index (Phi) is 5.75. The second kappa shape index (κ2) is 7.56. The van der Waals surface area contributed by atoms with Crippen molar-refractivity contribution < 1.29 is 22.7 Å². The number of hydrogen-bond donors (Lipinski definition) is 2. The molecule has 2 aromatic carbocycles. The van der Waals surface area contributed by atoms with Crippen LogP contribution in [-0.4, -0.2) is 23.9 Å². The van der Waals surface area contributed by atoms with Crippen molar-refractivity contribution in [2.75, 3.05) is 6.54 Å². The van der Waals surface area contributed by atoms with Gasteiger partial charge in [0.15, 0.2) is 5.60 Å². The van der Waals surface area contributed by atoms with E-state index in [9.17, 15) is 22.7 Å². The zero-order valence-corrected chi connectivity index (χ0v) is 16.8. The summed E-state index contributed by atoms with van der Waals surface area (Å²) in [7, 11) is 0. The van der Waals surface area contributed by atoms with Crippen molar-refractivity contribution in [3.05, 3.63) is 70.5 Å². The van der Waals surface area contributed by atoms with Gasteiger partial charge in [-0.3, -0.25) is 0 Å². The van der Waals surface area contributed by atoms with Crippen LogP contribution < -0.4 is 5.32 Å². The van der Waals surface area contributed by atoms with Gasteiger partial charge in [-0.25, -0.2) is 4.39 Å². The van der Waals surface area contributed by atoms with E-state index in [4.69, 9.17) is 0 Å². The van der Waals surface area contributed by atoms with Crippen LogP contribution in [0.4, 0.5) is 17.6 Å². The summed E-state index contributed by atoms with van der Waals surface area (Å²) in [5.74, 6) is -0.287. The lowest BCUT2D eigenvalue weighted by Gasteiger charge is -2.42. The number of alkyl halides is 3. The Morgan fingerprint density at radius 3 is 2.48 bits per heavy atom. The largest absolute Gasteiger partial charge is 0.421 e. The van der Waals surface area contributed by atoms with Crippen LogP contribution >= 0.6 is 12.4 Å². The molecule has 1 fully saturated rings. The Bertz CT molecular complexity index is 881. The smallest absolute Gasteiger partial charge is 0.376 e. The first-order valence-corrected chi connectivity index (χ1v) is 9.54. The van der Waals surface area contributed by atoms with Gasteiger partial charge in [-0.15, -0.1) is 12.4 Å². The van der Waals surface area contributed by atoms with Gasteiger partial charge in [0.05, 0.1) is 0 Å². The van der Waals surface area contributed by atoms with Crippen molar-refractivity contribution in [1.82, 2.24) is 5.32 Å². The molecule has 1 saturated heterocycles. The van der Waals surface area contributed by atoms with Gasteiger partial charge in [-0.1, -0.05) is 30.3 Å². The highest BCUT2D eigenvalue weighted by Crippen LogP contribution is 2.47. The third-order valence-corrected chi connectivity index (χ3v) is 6.52. The second-order valence-corrected chi connectivity index (χ2v) is 8.20. The maximum absolute atomic E-state index is 13.3. The Morgan fingerprint density at radius 2 is 1.83 bits per heavy atom. The predicted molar refractivity (Wildman–Crippen MR) is 106 cm³/mol. The Hall–Kier alpha value is -1.63. The van der Waals surface area contributed by atoms with E-state index >= 15 is 0 Å². The highest BCUT2D eigenvalue weighted by Gasteiger charge is 2.52. The number of rotatable bonds is 3. The molecule has 2 N–H and O–H groups in total. The summed E-state index contributed by atoms with van der Waals surface area (Å²) in [6.45, 7) is 1.64. The molecule has 1 heterocycles. The van der Waals surface area contributed by atoms with Crippen LogP contribution in [0.25, 0.3) is 0 Å². The van der Waals surface area contributed by atoms with Gasteiger partial charge in [0.25, 0.3) is 0 Å². The lowest BCUT2D eigenvalue weighted by molar-refractivity contribution is -0.258. The van der Waals surface area contributed by atoms with Crippen LogP contribution in [0.5, 0.6) is 0 Å². The van der Waals surface area contributed by atoms with Crippen molar-refractivity contribution in [3.63, 3.8) is 0 Å². The van der Waals surface area contributed by atoms with Crippen LogP contribution in [-0.2, 0) is 23.9 Å². The normalized spacial score (nSPS) is 25.5. The van der Waals surface area contributed by atoms with Gasteiger partial charge in [-0.05, 0) is 73.5 Å². The van der Waals surface area contributed by atoms with Crippen LogP contribution in [0, 0.1) is 5.82 Å². The Balaban J connectivity index is 0.00000240. The van der Waals surface area contributed by atoms with Crippen LogP contribution in [0.3, 0.4) is 0 Å². The van der Waals surface area contributed by atoms with E-state index in [1.54, 1.807) is 18.2 Å². The van der Waals surface area contributed by atoms with E-state index < -0.39 is 11.8 Å². The quantitative estimate of drug-likeness (QED) is 0.686. The second-order valence-electron chi connectivity index (χ2n) is 8.20. The minimum absolute atomic E-state index is 0.